The molecule has 0 radical (unpaired) electrons. The number of carbonyl (C=O) groups is 2. The van der Waals surface area contributed by atoms with E-state index in [2.05, 4.69) is 10.6 Å². The molecule has 1 unspecified atom stereocenters. The molecule has 19 heavy (non-hydrogen) atoms. The molecule has 5 nitrogen and oxygen atoms in total. The van der Waals surface area contributed by atoms with Crippen LogP contribution in [-0.2, 0) is 14.3 Å². The molecule has 1 saturated heterocycles. The van der Waals surface area contributed by atoms with Crippen LogP contribution in [0.4, 0.5) is 0 Å². The number of hydrogen-bond acceptors (Lipinski definition) is 5. The van der Waals surface area contributed by atoms with Gasteiger partial charge in [-0.05, 0) is 39.2 Å². The van der Waals surface area contributed by atoms with Gasteiger partial charge in [-0.2, -0.15) is 0 Å². The lowest BCUT2D eigenvalue weighted by Gasteiger charge is -2.25. The quantitative estimate of drug-likeness (QED) is 0.591. The average Bonchev–Trinajstić information content (AvgIpc) is 2.93. The van der Waals surface area contributed by atoms with Gasteiger partial charge in [0.1, 0.15) is 12.1 Å². The molecule has 108 valence electrons. The minimum absolute atomic E-state index is 0.300. The van der Waals surface area contributed by atoms with Gasteiger partial charge in [-0.25, -0.2) is 9.59 Å². The number of hydrogen-bond donors (Lipinski definition) is 2. The summed E-state index contributed by atoms with van der Waals surface area (Å²) in [7, 11) is 0. The standard InChI is InChI=1S/C14H24N2O3/c1-10(16-11-6-3-2-4-7-11)13(17)19-14(18)12-8-5-9-15-12/h10-12,15-16H,2-9H2,1H3/t10?,12-/m0/s1. The first-order chi connectivity index (χ1) is 9.16. The van der Waals surface area contributed by atoms with E-state index in [9.17, 15) is 9.59 Å². The number of esters is 2. The lowest BCUT2D eigenvalue weighted by atomic mass is 9.95. The Bertz CT molecular complexity index is 321. The van der Waals surface area contributed by atoms with E-state index < -0.39 is 18.0 Å². The van der Waals surface area contributed by atoms with Crippen LogP contribution in [-0.4, -0.2) is 36.6 Å². The first-order valence-electron chi connectivity index (χ1n) is 7.42. The van der Waals surface area contributed by atoms with Gasteiger partial charge in [-0.15, -0.1) is 0 Å². The fourth-order valence-electron chi connectivity index (χ4n) is 2.84. The third kappa shape index (κ3) is 4.28. The highest BCUT2D eigenvalue weighted by molar-refractivity contribution is 5.90. The molecule has 2 fully saturated rings. The molecule has 0 aromatic carbocycles. The van der Waals surface area contributed by atoms with Crippen LogP contribution in [0.5, 0.6) is 0 Å². The summed E-state index contributed by atoms with van der Waals surface area (Å²) in [5.74, 6) is -0.885. The largest absolute Gasteiger partial charge is 0.391 e. The van der Waals surface area contributed by atoms with Crippen molar-refractivity contribution in [3.8, 4) is 0 Å². The number of rotatable bonds is 4. The van der Waals surface area contributed by atoms with E-state index >= 15 is 0 Å². The second-order valence-corrected chi connectivity index (χ2v) is 5.61. The molecule has 2 aliphatic rings. The van der Waals surface area contributed by atoms with Gasteiger partial charge in [-0.3, -0.25) is 0 Å². The number of carbonyl (C=O) groups excluding carboxylic acids is 2. The summed E-state index contributed by atoms with van der Waals surface area (Å²) < 4.78 is 4.93. The van der Waals surface area contributed by atoms with Gasteiger partial charge in [0.15, 0.2) is 0 Å². The summed E-state index contributed by atoms with van der Waals surface area (Å²) in [6.07, 6.45) is 7.64. The molecule has 0 aromatic rings. The summed E-state index contributed by atoms with van der Waals surface area (Å²) >= 11 is 0. The summed E-state index contributed by atoms with van der Waals surface area (Å²) in [5.41, 5.74) is 0. The monoisotopic (exact) mass is 268 g/mol. The van der Waals surface area contributed by atoms with Crippen molar-refractivity contribution in [1.82, 2.24) is 10.6 Å². The second kappa shape index (κ2) is 7.01. The molecule has 1 saturated carbocycles. The summed E-state index contributed by atoms with van der Waals surface area (Å²) in [5, 5.41) is 6.30. The molecule has 0 bridgehead atoms. The molecular formula is C14H24N2O3. The molecular weight excluding hydrogens is 244 g/mol. The topological polar surface area (TPSA) is 67.4 Å². The average molecular weight is 268 g/mol. The Kier molecular flexibility index (Phi) is 5.34. The molecule has 2 rings (SSSR count). The highest BCUT2D eigenvalue weighted by Gasteiger charge is 2.28. The van der Waals surface area contributed by atoms with Gasteiger partial charge >= 0.3 is 11.9 Å². The molecule has 2 N–H and O–H groups in total. The van der Waals surface area contributed by atoms with Crippen molar-refractivity contribution >= 4 is 11.9 Å². The van der Waals surface area contributed by atoms with Gasteiger partial charge in [0, 0.05) is 6.04 Å². The first-order valence-corrected chi connectivity index (χ1v) is 7.42. The van der Waals surface area contributed by atoms with Crippen molar-refractivity contribution in [2.24, 2.45) is 0 Å². The minimum Gasteiger partial charge on any atom is -0.391 e. The van der Waals surface area contributed by atoms with Crippen molar-refractivity contribution in [1.29, 1.82) is 0 Å². The van der Waals surface area contributed by atoms with Crippen LogP contribution in [0.1, 0.15) is 51.9 Å². The van der Waals surface area contributed by atoms with E-state index in [-0.39, 0.29) is 6.04 Å². The van der Waals surface area contributed by atoms with Crippen LogP contribution >= 0.6 is 0 Å². The highest BCUT2D eigenvalue weighted by Crippen LogP contribution is 2.18. The van der Waals surface area contributed by atoms with Crippen molar-refractivity contribution in [3.63, 3.8) is 0 Å². The Hall–Kier alpha value is -0.940. The normalized spacial score (nSPS) is 26.1. The minimum atomic E-state index is -0.454. The summed E-state index contributed by atoms with van der Waals surface area (Å²) in [6, 6.07) is -0.324. The van der Waals surface area contributed by atoms with Gasteiger partial charge < -0.3 is 15.4 Å². The summed E-state index contributed by atoms with van der Waals surface area (Å²) in [6.45, 7) is 2.59. The first kappa shape index (κ1) is 14.5. The predicted octanol–water partition coefficient (Wildman–Crippen LogP) is 1.12. The summed E-state index contributed by atoms with van der Waals surface area (Å²) in [4.78, 5) is 23.6. The van der Waals surface area contributed by atoms with Crippen molar-refractivity contribution < 1.29 is 14.3 Å². The molecule has 0 amide bonds. The van der Waals surface area contributed by atoms with E-state index in [1.54, 1.807) is 6.92 Å². The Balaban J connectivity index is 1.73. The molecule has 2 atom stereocenters. The zero-order valence-electron chi connectivity index (χ0n) is 11.6. The van der Waals surface area contributed by atoms with Crippen LogP contribution in [0.2, 0.25) is 0 Å². The van der Waals surface area contributed by atoms with Crippen LogP contribution in [0.25, 0.3) is 0 Å². The Morgan fingerprint density at radius 3 is 2.53 bits per heavy atom. The maximum absolute atomic E-state index is 11.9. The molecule has 0 aromatic heterocycles. The van der Waals surface area contributed by atoms with Crippen molar-refractivity contribution in [2.45, 2.75) is 70.0 Å². The zero-order chi connectivity index (χ0) is 13.7. The third-order valence-corrected chi connectivity index (χ3v) is 3.99. The lowest BCUT2D eigenvalue weighted by Crippen LogP contribution is -2.45. The second-order valence-electron chi connectivity index (χ2n) is 5.61. The van der Waals surface area contributed by atoms with Crippen molar-refractivity contribution in [3.05, 3.63) is 0 Å². The van der Waals surface area contributed by atoms with E-state index in [1.165, 1.54) is 19.3 Å². The molecule has 5 heteroatoms. The fraction of sp³-hybridized carbons (Fsp3) is 0.857. The van der Waals surface area contributed by atoms with Gasteiger partial charge in [-0.1, -0.05) is 19.3 Å². The lowest BCUT2D eigenvalue weighted by molar-refractivity contribution is -0.162. The molecule has 1 heterocycles. The smallest absolute Gasteiger partial charge is 0.330 e. The maximum atomic E-state index is 11.9. The molecule has 1 aliphatic carbocycles. The molecule has 1 aliphatic heterocycles. The SMILES string of the molecule is CC(NC1CCCCC1)C(=O)OC(=O)[C@@H]1CCCN1. The fourth-order valence-corrected chi connectivity index (χ4v) is 2.84. The molecule has 0 spiro atoms. The van der Waals surface area contributed by atoms with E-state index in [0.29, 0.717) is 6.04 Å². The number of ether oxygens (including phenoxy) is 1. The van der Waals surface area contributed by atoms with E-state index in [0.717, 1.165) is 32.2 Å². The third-order valence-electron chi connectivity index (χ3n) is 3.99. The predicted molar refractivity (Wildman–Crippen MR) is 71.6 cm³/mol. The van der Waals surface area contributed by atoms with E-state index in [1.807, 2.05) is 0 Å². The van der Waals surface area contributed by atoms with Gasteiger partial charge in [0.25, 0.3) is 0 Å². The Labute approximate surface area is 114 Å². The van der Waals surface area contributed by atoms with Gasteiger partial charge in [0.05, 0.1) is 0 Å². The van der Waals surface area contributed by atoms with E-state index in [4.69, 9.17) is 4.74 Å². The van der Waals surface area contributed by atoms with Crippen LogP contribution in [0.15, 0.2) is 0 Å². The Morgan fingerprint density at radius 2 is 1.89 bits per heavy atom. The van der Waals surface area contributed by atoms with Crippen molar-refractivity contribution in [2.75, 3.05) is 6.54 Å². The number of nitrogens with one attached hydrogen (secondary N) is 2. The van der Waals surface area contributed by atoms with Crippen LogP contribution < -0.4 is 10.6 Å². The highest BCUT2D eigenvalue weighted by atomic mass is 16.6. The maximum Gasteiger partial charge on any atom is 0.330 e. The zero-order valence-corrected chi connectivity index (χ0v) is 11.6. The van der Waals surface area contributed by atoms with Gasteiger partial charge in [0.2, 0.25) is 0 Å². The Morgan fingerprint density at radius 1 is 1.16 bits per heavy atom. The van der Waals surface area contributed by atoms with Crippen LogP contribution in [0.3, 0.4) is 0 Å². The van der Waals surface area contributed by atoms with Crippen LogP contribution in [0, 0.1) is 0 Å².